The van der Waals surface area contributed by atoms with Gasteiger partial charge >= 0.3 is 5.97 Å². The number of carbonyl (C=O) groups is 1. The topological polar surface area (TPSA) is 40.5 Å². The van der Waals surface area contributed by atoms with E-state index in [0.717, 1.165) is 12.1 Å². The van der Waals surface area contributed by atoms with Crippen molar-refractivity contribution in [2.24, 2.45) is 5.92 Å². The van der Waals surface area contributed by atoms with E-state index >= 15 is 0 Å². The van der Waals surface area contributed by atoms with Crippen LogP contribution in [-0.2, 0) is 4.79 Å². The van der Waals surface area contributed by atoms with Crippen LogP contribution in [0.3, 0.4) is 0 Å². The largest absolute Gasteiger partial charge is 0.481 e. The lowest BCUT2D eigenvalue weighted by atomic mass is 10.1. The third-order valence-corrected chi connectivity index (χ3v) is 3.45. The Morgan fingerprint density at radius 1 is 1.59 bits per heavy atom. The molecule has 2 atom stereocenters. The third-order valence-electron chi connectivity index (χ3n) is 3.45. The quantitative estimate of drug-likeness (QED) is 0.876. The van der Waals surface area contributed by atoms with Gasteiger partial charge in [0, 0.05) is 12.6 Å². The average Bonchev–Trinajstić information content (AvgIpc) is 2.77. The molecule has 0 radical (unpaired) electrons. The van der Waals surface area contributed by atoms with Crippen LogP contribution in [0.5, 0.6) is 0 Å². The van der Waals surface area contributed by atoms with Gasteiger partial charge in [-0.25, -0.2) is 4.39 Å². The van der Waals surface area contributed by atoms with Crippen LogP contribution in [0.25, 0.3) is 0 Å². The molecular weight excluding hydrogens is 221 g/mol. The Bertz CT molecular complexity index is 422. The van der Waals surface area contributed by atoms with E-state index in [0.29, 0.717) is 13.0 Å². The van der Waals surface area contributed by atoms with Crippen LogP contribution in [0.4, 0.5) is 4.39 Å². The van der Waals surface area contributed by atoms with E-state index in [1.54, 1.807) is 6.07 Å². The van der Waals surface area contributed by atoms with Crippen LogP contribution >= 0.6 is 0 Å². The van der Waals surface area contributed by atoms with Gasteiger partial charge in [0.2, 0.25) is 0 Å². The van der Waals surface area contributed by atoms with Gasteiger partial charge < -0.3 is 5.11 Å². The van der Waals surface area contributed by atoms with Crippen molar-refractivity contribution in [2.45, 2.75) is 19.4 Å². The minimum absolute atomic E-state index is 0.0649. The first-order valence-electron chi connectivity index (χ1n) is 5.80. The molecule has 4 heteroatoms. The van der Waals surface area contributed by atoms with Crippen LogP contribution in [-0.4, -0.2) is 29.1 Å². The maximum atomic E-state index is 13.1. The summed E-state index contributed by atoms with van der Waals surface area (Å²) in [4.78, 5) is 13.0. The number of benzene rings is 1. The van der Waals surface area contributed by atoms with E-state index in [1.165, 1.54) is 12.1 Å². The van der Waals surface area contributed by atoms with Gasteiger partial charge in [-0.05, 0) is 37.6 Å². The molecule has 1 aromatic rings. The Morgan fingerprint density at radius 2 is 2.35 bits per heavy atom. The standard InChI is InChI=1S/C13H16FNO2/c1-9(10-3-2-4-12(14)7-10)15-6-5-11(8-15)13(16)17/h2-4,7,9,11H,5-6,8H2,1H3,(H,16,17)/t9-,11+/m0/s1. The van der Waals surface area contributed by atoms with Crippen molar-refractivity contribution in [3.8, 4) is 0 Å². The number of likely N-dealkylation sites (tertiary alicyclic amines) is 1. The van der Waals surface area contributed by atoms with Crippen molar-refractivity contribution in [2.75, 3.05) is 13.1 Å². The van der Waals surface area contributed by atoms with Crippen molar-refractivity contribution in [3.63, 3.8) is 0 Å². The fourth-order valence-corrected chi connectivity index (χ4v) is 2.32. The van der Waals surface area contributed by atoms with E-state index < -0.39 is 5.97 Å². The summed E-state index contributed by atoms with van der Waals surface area (Å²) in [6.07, 6.45) is 0.676. The maximum Gasteiger partial charge on any atom is 0.307 e. The summed E-state index contributed by atoms with van der Waals surface area (Å²) in [6, 6.07) is 6.56. The van der Waals surface area contributed by atoms with E-state index in [2.05, 4.69) is 4.90 Å². The Kier molecular flexibility index (Phi) is 3.43. The maximum absolute atomic E-state index is 13.1. The molecule has 0 saturated carbocycles. The monoisotopic (exact) mass is 237 g/mol. The molecule has 1 heterocycles. The molecule has 0 aliphatic carbocycles. The van der Waals surface area contributed by atoms with Gasteiger partial charge in [0.25, 0.3) is 0 Å². The van der Waals surface area contributed by atoms with E-state index in [9.17, 15) is 9.18 Å². The highest BCUT2D eigenvalue weighted by atomic mass is 19.1. The lowest BCUT2D eigenvalue weighted by Gasteiger charge is -2.24. The lowest BCUT2D eigenvalue weighted by molar-refractivity contribution is -0.141. The van der Waals surface area contributed by atoms with Crippen LogP contribution in [0.2, 0.25) is 0 Å². The summed E-state index contributed by atoms with van der Waals surface area (Å²) < 4.78 is 13.1. The van der Waals surface area contributed by atoms with Gasteiger partial charge in [0.15, 0.2) is 0 Å². The highest BCUT2D eigenvalue weighted by molar-refractivity contribution is 5.70. The third kappa shape index (κ3) is 2.64. The molecule has 3 nitrogen and oxygen atoms in total. The molecule has 17 heavy (non-hydrogen) atoms. The summed E-state index contributed by atoms with van der Waals surface area (Å²) in [5.74, 6) is -1.27. The van der Waals surface area contributed by atoms with Crippen molar-refractivity contribution in [3.05, 3.63) is 35.6 Å². The number of carboxylic acid groups (broad SMARTS) is 1. The predicted molar refractivity (Wildman–Crippen MR) is 62.1 cm³/mol. The Morgan fingerprint density at radius 3 is 2.94 bits per heavy atom. The van der Waals surface area contributed by atoms with Gasteiger partial charge in [0.05, 0.1) is 5.92 Å². The highest BCUT2D eigenvalue weighted by Crippen LogP contribution is 2.27. The van der Waals surface area contributed by atoms with Crippen molar-refractivity contribution < 1.29 is 14.3 Å². The number of hydrogen-bond acceptors (Lipinski definition) is 2. The molecule has 0 aromatic heterocycles. The smallest absolute Gasteiger partial charge is 0.307 e. The molecule has 2 rings (SSSR count). The first-order chi connectivity index (χ1) is 8.08. The molecule has 1 N–H and O–H groups in total. The van der Waals surface area contributed by atoms with Crippen LogP contribution in [0.15, 0.2) is 24.3 Å². The highest BCUT2D eigenvalue weighted by Gasteiger charge is 2.30. The number of nitrogens with zero attached hydrogens (tertiary/aromatic N) is 1. The number of rotatable bonds is 3. The van der Waals surface area contributed by atoms with Crippen LogP contribution in [0.1, 0.15) is 24.9 Å². The summed E-state index contributed by atoms with van der Waals surface area (Å²) in [6.45, 7) is 3.29. The normalized spacial score (nSPS) is 22.6. The molecule has 1 saturated heterocycles. The Balaban J connectivity index is 2.06. The first kappa shape index (κ1) is 12.0. The molecule has 0 amide bonds. The van der Waals surface area contributed by atoms with Crippen LogP contribution < -0.4 is 0 Å². The predicted octanol–water partition coefficient (Wildman–Crippen LogP) is 2.29. The second-order valence-corrected chi connectivity index (χ2v) is 4.55. The minimum atomic E-state index is -0.737. The zero-order chi connectivity index (χ0) is 12.4. The summed E-state index contributed by atoms with van der Waals surface area (Å²) in [5, 5.41) is 8.94. The molecule has 1 aliphatic heterocycles. The second kappa shape index (κ2) is 4.84. The molecule has 1 fully saturated rings. The van der Waals surface area contributed by atoms with E-state index in [4.69, 9.17) is 5.11 Å². The Hall–Kier alpha value is -1.42. The van der Waals surface area contributed by atoms with Gasteiger partial charge in [-0.2, -0.15) is 0 Å². The average molecular weight is 237 g/mol. The minimum Gasteiger partial charge on any atom is -0.481 e. The van der Waals surface area contributed by atoms with Gasteiger partial charge in [0.1, 0.15) is 5.82 Å². The van der Waals surface area contributed by atoms with Crippen molar-refractivity contribution in [1.82, 2.24) is 4.90 Å². The SMILES string of the molecule is C[C@@H](c1cccc(F)c1)N1CC[C@@H](C(=O)O)C1. The van der Waals surface area contributed by atoms with Gasteiger partial charge in [-0.3, -0.25) is 9.69 Å². The molecule has 1 aromatic carbocycles. The zero-order valence-corrected chi connectivity index (χ0v) is 9.77. The van der Waals surface area contributed by atoms with Gasteiger partial charge in [-0.1, -0.05) is 12.1 Å². The van der Waals surface area contributed by atoms with Crippen molar-refractivity contribution in [1.29, 1.82) is 0 Å². The fraction of sp³-hybridized carbons (Fsp3) is 0.462. The molecule has 92 valence electrons. The number of aliphatic carboxylic acids is 1. The molecule has 0 unspecified atom stereocenters. The summed E-state index contributed by atoms with van der Waals surface area (Å²) >= 11 is 0. The Labute approximate surface area is 99.9 Å². The number of halogens is 1. The van der Waals surface area contributed by atoms with E-state index in [-0.39, 0.29) is 17.8 Å². The summed E-state index contributed by atoms with van der Waals surface area (Å²) in [7, 11) is 0. The molecule has 0 bridgehead atoms. The van der Waals surface area contributed by atoms with Gasteiger partial charge in [-0.15, -0.1) is 0 Å². The fourth-order valence-electron chi connectivity index (χ4n) is 2.32. The second-order valence-electron chi connectivity index (χ2n) is 4.55. The molecule has 1 aliphatic rings. The number of carboxylic acids is 1. The lowest BCUT2D eigenvalue weighted by Crippen LogP contribution is -2.26. The molecular formula is C13H16FNO2. The zero-order valence-electron chi connectivity index (χ0n) is 9.77. The van der Waals surface area contributed by atoms with Crippen LogP contribution in [0, 0.1) is 11.7 Å². The van der Waals surface area contributed by atoms with E-state index in [1.807, 2.05) is 13.0 Å². The number of hydrogen-bond donors (Lipinski definition) is 1. The molecule has 0 spiro atoms. The summed E-state index contributed by atoms with van der Waals surface area (Å²) in [5.41, 5.74) is 0.899. The first-order valence-corrected chi connectivity index (χ1v) is 5.80. The van der Waals surface area contributed by atoms with Crippen molar-refractivity contribution >= 4 is 5.97 Å².